The predicted octanol–water partition coefficient (Wildman–Crippen LogP) is 2.04. The first-order chi connectivity index (χ1) is 7.42. The molecule has 0 bridgehead atoms. The van der Waals surface area contributed by atoms with Gasteiger partial charge in [-0.05, 0) is 25.8 Å². The molecule has 0 amide bonds. The lowest BCUT2D eigenvalue weighted by Gasteiger charge is -2.43. The van der Waals surface area contributed by atoms with Crippen LogP contribution in [0.1, 0.15) is 38.5 Å². The van der Waals surface area contributed by atoms with E-state index in [0.29, 0.717) is 12.1 Å². The molecule has 2 aliphatic rings. The topological polar surface area (TPSA) is 12.5 Å². The van der Waals surface area contributed by atoms with Crippen molar-refractivity contribution in [2.24, 2.45) is 0 Å². The number of hydrogen-bond donors (Lipinski definition) is 0. The van der Waals surface area contributed by atoms with Gasteiger partial charge in [0.2, 0.25) is 0 Å². The Labute approximate surface area is 93.0 Å². The molecule has 2 rings (SSSR count). The molecule has 1 saturated heterocycles. The molecular weight excluding hydrogens is 186 g/mol. The van der Waals surface area contributed by atoms with Crippen LogP contribution < -0.4 is 0 Å². The van der Waals surface area contributed by atoms with Crippen molar-refractivity contribution in [2.75, 3.05) is 19.7 Å². The first kappa shape index (κ1) is 11.0. The number of fused-ring (bicyclic) bond motifs is 1. The maximum atomic E-state index is 5.84. The molecule has 0 radical (unpaired) electrons. The van der Waals surface area contributed by atoms with Crippen LogP contribution in [0.15, 0.2) is 0 Å². The summed E-state index contributed by atoms with van der Waals surface area (Å²) in [7, 11) is 0. The monoisotopic (exact) mass is 207 g/mol. The first-order valence-corrected chi connectivity index (χ1v) is 6.21. The Hall–Kier alpha value is -0.520. The molecule has 1 aliphatic heterocycles. The van der Waals surface area contributed by atoms with Gasteiger partial charge in [-0.2, -0.15) is 0 Å². The summed E-state index contributed by atoms with van der Waals surface area (Å²) < 4.78 is 5.84. The van der Waals surface area contributed by atoms with Crippen LogP contribution in [0.4, 0.5) is 0 Å². The van der Waals surface area contributed by atoms with E-state index >= 15 is 0 Å². The third kappa shape index (κ3) is 2.74. The average molecular weight is 207 g/mol. The second kappa shape index (κ2) is 5.53. The number of ether oxygens (including phenoxy) is 1. The molecule has 2 unspecified atom stereocenters. The second-order valence-electron chi connectivity index (χ2n) is 4.60. The van der Waals surface area contributed by atoms with E-state index in [0.717, 1.165) is 32.5 Å². The zero-order valence-electron chi connectivity index (χ0n) is 9.45. The van der Waals surface area contributed by atoms with Crippen LogP contribution in [0, 0.1) is 12.3 Å². The molecule has 0 aromatic rings. The maximum Gasteiger partial charge on any atom is 0.0730 e. The second-order valence-corrected chi connectivity index (χ2v) is 4.60. The van der Waals surface area contributed by atoms with Gasteiger partial charge in [-0.15, -0.1) is 12.3 Å². The predicted molar refractivity (Wildman–Crippen MR) is 61.6 cm³/mol. The molecule has 1 aliphatic carbocycles. The Balaban J connectivity index is 1.84. The van der Waals surface area contributed by atoms with Gasteiger partial charge >= 0.3 is 0 Å². The molecule has 84 valence electrons. The summed E-state index contributed by atoms with van der Waals surface area (Å²) in [5, 5.41) is 0. The van der Waals surface area contributed by atoms with Crippen molar-refractivity contribution in [3.63, 3.8) is 0 Å². The van der Waals surface area contributed by atoms with E-state index in [4.69, 9.17) is 11.2 Å². The van der Waals surface area contributed by atoms with Crippen molar-refractivity contribution in [3.8, 4) is 12.3 Å². The van der Waals surface area contributed by atoms with Crippen LogP contribution in [0.25, 0.3) is 0 Å². The summed E-state index contributed by atoms with van der Waals surface area (Å²) in [4.78, 5) is 2.60. The van der Waals surface area contributed by atoms with Crippen molar-refractivity contribution in [1.29, 1.82) is 0 Å². The molecule has 15 heavy (non-hydrogen) atoms. The molecule has 1 heterocycles. The SMILES string of the molecule is C#CCCCN1CCOC2CCCCC21. The van der Waals surface area contributed by atoms with Crippen molar-refractivity contribution in [3.05, 3.63) is 0 Å². The lowest BCUT2D eigenvalue weighted by atomic mass is 9.90. The zero-order valence-corrected chi connectivity index (χ0v) is 9.45. The number of terminal acetylenes is 1. The number of hydrogen-bond acceptors (Lipinski definition) is 2. The Morgan fingerprint density at radius 3 is 3.07 bits per heavy atom. The molecule has 2 atom stereocenters. The summed E-state index contributed by atoms with van der Waals surface area (Å²) in [5.41, 5.74) is 0. The fourth-order valence-corrected chi connectivity index (χ4v) is 2.84. The van der Waals surface area contributed by atoms with Gasteiger partial charge in [-0.1, -0.05) is 12.8 Å². The van der Waals surface area contributed by atoms with Gasteiger partial charge in [0.1, 0.15) is 0 Å². The molecule has 0 N–H and O–H groups in total. The van der Waals surface area contributed by atoms with Gasteiger partial charge < -0.3 is 4.74 Å². The molecule has 0 aromatic carbocycles. The molecule has 1 saturated carbocycles. The number of rotatable bonds is 3. The normalized spacial score (nSPS) is 31.9. The van der Waals surface area contributed by atoms with Crippen LogP contribution in [-0.4, -0.2) is 36.7 Å². The lowest BCUT2D eigenvalue weighted by molar-refractivity contribution is -0.0880. The Morgan fingerprint density at radius 2 is 2.20 bits per heavy atom. The van der Waals surface area contributed by atoms with E-state index in [2.05, 4.69) is 10.8 Å². The highest BCUT2D eigenvalue weighted by atomic mass is 16.5. The quantitative estimate of drug-likeness (QED) is 0.519. The third-order valence-corrected chi connectivity index (χ3v) is 3.61. The molecule has 2 heteroatoms. The van der Waals surface area contributed by atoms with E-state index in [1.807, 2.05) is 0 Å². The minimum atomic E-state index is 0.512. The summed E-state index contributed by atoms with van der Waals surface area (Å²) >= 11 is 0. The van der Waals surface area contributed by atoms with E-state index in [9.17, 15) is 0 Å². The summed E-state index contributed by atoms with van der Waals surface area (Å²) in [6, 6.07) is 0.685. The van der Waals surface area contributed by atoms with Gasteiger partial charge in [-0.25, -0.2) is 0 Å². The highest BCUT2D eigenvalue weighted by molar-refractivity contribution is 4.89. The van der Waals surface area contributed by atoms with E-state index in [1.165, 1.54) is 25.7 Å². The molecular formula is C13H21NO. The number of morpholine rings is 1. The lowest BCUT2D eigenvalue weighted by Crippen LogP contribution is -2.52. The minimum Gasteiger partial charge on any atom is -0.375 e. The molecule has 0 spiro atoms. The summed E-state index contributed by atoms with van der Waals surface area (Å²) in [6.45, 7) is 3.18. The fourth-order valence-electron chi connectivity index (χ4n) is 2.84. The highest BCUT2D eigenvalue weighted by Gasteiger charge is 2.33. The smallest absolute Gasteiger partial charge is 0.0730 e. The Morgan fingerprint density at radius 1 is 1.33 bits per heavy atom. The van der Waals surface area contributed by atoms with Crippen molar-refractivity contribution in [1.82, 2.24) is 4.90 Å². The third-order valence-electron chi connectivity index (χ3n) is 3.61. The van der Waals surface area contributed by atoms with E-state index in [1.54, 1.807) is 0 Å². The molecule has 2 fully saturated rings. The Bertz CT molecular complexity index is 231. The summed E-state index contributed by atoms with van der Waals surface area (Å²) in [5.74, 6) is 2.72. The van der Waals surface area contributed by atoms with Crippen molar-refractivity contribution < 1.29 is 4.74 Å². The van der Waals surface area contributed by atoms with Crippen molar-refractivity contribution >= 4 is 0 Å². The van der Waals surface area contributed by atoms with Crippen LogP contribution in [0.5, 0.6) is 0 Å². The highest BCUT2D eigenvalue weighted by Crippen LogP contribution is 2.28. The van der Waals surface area contributed by atoms with Crippen LogP contribution >= 0.6 is 0 Å². The minimum absolute atomic E-state index is 0.512. The summed E-state index contributed by atoms with van der Waals surface area (Å²) in [6.07, 6.45) is 13.1. The molecule has 0 aromatic heterocycles. The van der Waals surface area contributed by atoms with Crippen LogP contribution in [-0.2, 0) is 4.74 Å². The van der Waals surface area contributed by atoms with E-state index in [-0.39, 0.29) is 0 Å². The van der Waals surface area contributed by atoms with Crippen molar-refractivity contribution in [2.45, 2.75) is 50.7 Å². The standard InChI is InChI=1S/C13H21NO/c1-2-3-6-9-14-10-11-15-13-8-5-4-7-12(13)14/h1,12-13H,3-11H2. The Kier molecular flexibility index (Phi) is 4.05. The largest absolute Gasteiger partial charge is 0.375 e. The van der Waals surface area contributed by atoms with Gasteiger partial charge in [0, 0.05) is 19.0 Å². The number of nitrogens with zero attached hydrogens (tertiary/aromatic N) is 1. The first-order valence-electron chi connectivity index (χ1n) is 6.21. The average Bonchev–Trinajstić information content (AvgIpc) is 2.30. The van der Waals surface area contributed by atoms with Gasteiger partial charge in [0.15, 0.2) is 0 Å². The van der Waals surface area contributed by atoms with E-state index < -0.39 is 0 Å². The molecule has 2 nitrogen and oxygen atoms in total. The zero-order chi connectivity index (χ0) is 10.5. The van der Waals surface area contributed by atoms with Gasteiger partial charge in [0.25, 0.3) is 0 Å². The fraction of sp³-hybridized carbons (Fsp3) is 0.846. The van der Waals surface area contributed by atoms with Crippen LogP contribution in [0.2, 0.25) is 0 Å². The van der Waals surface area contributed by atoms with Crippen LogP contribution in [0.3, 0.4) is 0 Å². The van der Waals surface area contributed by atoms with Gasteiger partial charge in [-0.3, -0.25) is 4.90 Å². The maximum absolute atomic E-state index is 5.84. The van der Waals surface area contributed by atoms with Gasteiger partial charge in [0.05, 0.1) is 12.7 Å². The number of unbranched alkanes of at least 4 members (excludes halogenated alkanes) is 1.